The topological polar surface area (TPSA) is 0 Å². The molecule has 0 unspecified atom stereocenters. The summed E-state index contributed by atoms with van der Waals surface area (Å²) in [5.41, 5.74) is 1.81. The van der Waals surface area contributed by atoms with Crippen LogP contribution in [-0.4, -0.2) is 49.0 Å². The molecule has 0 bridgehead atoms. The summed E-state index contributed by atoms with van der Waals surface area (Å²) in [6, 6.07) is 65.9. The number of hydrogen-bond donors (Lipinski definition) is 0. The molecule has 0 heterocycles. The average Bonchev–Trinajstić information content (AvgIpc) is 3.08. The van der Waals surface area contributed by atoms with Crippen LogP contribution in [0.5, 0.6) is 0 Å². The first-order chi connectivity index (χ1) is 22.0. The predicted molar refractivity (Wildman–Crippen MR) is 204 cm³/mol. The Hall–Kier alpha value is -2.87. The molecule has 0 aliphatic carbocycles. The summed E-state index contributed by atoms with van der Waals surface area (Å²) in [4.78, 5) is 0. The Labute approximate surface area is 288 Å². The van der Waals surface area contributed by atoms with Crippen LogP contribution in [0.2, 0.25) is 11.1 Å². The van der Waals surface area contributed by atoms with Crippen molar-refractivity contribution in [3.63, 3.8) is 0 Å². The molecule has 0 nitrogen and oxygen atoms in total. The normalized spacial score (nSPS) is 10.7. The van der Waals surface area contributed by atoms with Crippen LogP contribution in [0, 0.1) is 0 Å². The fourth-order valence-electron chi connectivity index (χ4n) is 5.30. The van der Waals surface area contributed by atoms with Gasteiger partial charge in [0.1, 0.15) is 0 Å². The molecule has 224 valence electrons. The molecule has 6 aromatic rings. The van der Waals surface area contributed by atoms with Gasteiger partial charge in [-0.25, -0.2) is 0 Å². The van der Waals surface area contributed by atoms with E-state index in [1.807, 2.05) is 0 Å². The van der Waals surface area contributed by atoms with E-state index in [4.69, 9.17) is 0 Å². The van der Waals surface area contributed by atoms with Gasteiger partial charge in [-0.15, -0.1) is 0 Å². The molecule has 0 saturated carbocycles. The van der Waals surface area contributed by atoms with E-state index in [1.54, 1.807) is 0 Å². The molecule has 0 fully saturated rings. The maximum atomic E-state index is 2.29. The van der Waals surface area contributed by atoms with E-state index in [1.165, 1.54) is 21.5 Å². The molecule has 0 saturated heterocycles. The number of rotatable bonds is 8. The SMILES string of the molecule is CC(C)[Si]C(C)C.c1cc[c]([Sn]([c]2ccccc2)[c]2ccccc2)cc1.c1cc[c]([Sn]([c]2ccccc2)[c]2ccccc2)cc1. The monoisotopic (exact) mass is 816 g/mol. The zero-order valence-corrected chi connectivity index (χ0v) is 33.7. The van der Waals surface area contributed by atoms with Crippen LogP contribution in [-0.2, 0) is 0 Å². The second-order valence-corrected chi connectivity index (χ2v) is 28.2. The third-order valence-electron chi connectivity index (χ3n) is 7.04. The molecular weight excluding hydrogens is 770 g/mol. The van der Waals surface area contributed by atoms with Gasteiger partial charge in [0.15, 0.2) is 0 Å². The van der Waals surface area contributed by atoms with Gasteiger partial charge in [-0.1, -0.05) is 38.8 Å². The van der Waals surface area contributed by atoms with Gasteiger partial charge in [0.2, 0.25) is 0 Å². The van der Waals surface area contributed by atoms with Crippen LogP contribution in [0.1, 0.15) is 27.7 Å². The summed E-state index contributed by atoms with van der Waals surface area (Å²) >= 11 is -3.96. The minimum absolute atomic E-state index is 0.903. The van der Waals surface area contributed by atoms with E-state index in [9.17, 15) is 0 Å². The van der Waals surface area contributed by atoms with Gasteiger partial charge in [-0.05, 0) is 0 Å². The Morgan fingerprint density at radius 1 is 0.289 bits per heavy atom. The Balaban J connectivity index is 0.000000170. The maximum absolute atomic E-state index is 2.29. The molecule has 45 heavy (non-hydrogen) atoms. The van der Waals surface area contributed by atoms with Crippen LogP contribution >= 0.6 is 0 Å². The van der Waals surface area contributed by atoms with E-state index < -0.39 is 39.5 Å². The first-order valence-electron chi connectivity index (χ1n) is 15.9. The van der Waals surface area contributed by atoms with E-state index in [-0.39, 0.29) is 0 Å². The van der Waals surface area contributed by atoms with Crippen molar-refractivity contribution in [2.75, 3.05) is 0 Å². The molecule has 0 spiro atoms. The molecule has 0 aliphatic heterocycles. The molecule has 3 heteroatoms. The third-order valence-corrected chi connectivity index (χ3v) is 24.0. The van der Waals surface area contributed by atoms with Crippen molar-refractivity contribution >= 4 is 70.5 Å². The summed E-state index contributed by atoms with van der Waals surface area (Å²) in [6.07, 6.45) is 0. The summed E-state index contributed by atoms with van der Waals surface area (Å²) in [6.45, 7) is 9.10. The summed E-state index contributed by atoms with van der Waals surface area (Å²) < 4.78 is 9.18. The van der Waals surface area contributed by atoms with Crippen LogP contribution in [0.15, 0.2) is 182 Å². The fourth-order valence-corrected chi connectivity index (χ4v) is 21.3. The first-order valence-corrected chi connectivity index (χ1v) is 25.6. The summed E-state index contributed by atoms with van der Waals surface area (Å²) in [7, 11) is 1.15. The molecule has 0 aromatic heterocycles. The van der Waals surface area contributed by atoms with E-state index in [0.29, 0.717) is 0 Å². The quantitative estimate of drug-likeness (QED) is 0.149. The second kappa shape index (κ2) is 19.6. The van der Waals surface area contributed by atoms with Crippen LogP contribution in [0.25, 0.3) is 0 Å². The summed E-state index contributed by atoms with van der Waals surface area (Å²) in [5, 5.41) is 0. The second-order valence-electron chi connectivity index (χ2n) is 11.4. The van der Waals surface area contributed by atoms with Crippen molar-refractivity contribution < 1.29 is 0 Å². The van der Waals surface area contributed by atoms with Crippen molar-refractivity contribution in [1.29, 1.82) is 0 Å². The molecule has 0 amide bonds. The van der Waals surface area contributed by atoms with Crippen LogP contribution in [0.4, 0.5) is 0 Å². The predicted octanol–water partition coefficient (Wildman–Crippen LogP) is 6.75. The van der Waals surface area contributed by atoms with Crippen LogP contribution in [0.3, 0.4) is 0 Å². The third kappa shape index (κ3) is 11.8. The van der Waals surface area contributed by atoms with Gasteiger partial charge in [0.05, 0.1) is 0 Å². The first kappa shape index (κ1) is 35.0. The van der Waals surface area contributed by atoms with Gasteiger partial charge in [-0.2, -0.15) is 0 Å². The molecule has 6 rings (SSSR count). The van der Waals surface area contributed by atoms with Crippen molar-refractivity contribution in [2.45, 2.75) is 38.8 Å². The van der Waals surface area contributed by atoms with Crippen molar-refractivity contribution in [3.05, 3.63) is 182 Å². The molecule has 0 N–H and O–H groups in total. The van der Waals surface area contributed by atoms with Gasteiger partial charge < -0.3 is 0 Å². The molecule has 0 atom stereocenters. The van der Waals surface area contributed by atoms with E-state index >= 15 is 0 Å². The fraction of sp³-hybridized carbons (Fsp3) is 0.143. The van der Waals surface area contributed by atoms with Crippen molar-refractivity contribution in [3.8, 4) is 0 Å². The van der Waals surface area contributed by atoms with E-state index in [2.05, 4.69) is 210 Å². The number of hydrogen-bond acceptors (Lipinski definition) is 0. The zero-order valence-electron chi connectivity index (χ0n) is 27.0. The van der Waals surface area contributed by atoms with Gasteiger partial charge >= 0.3 is 243 Å². The number of benzene rings is 6. The van der Waals surface area contributed by atoms with Gasteiger partial charge in [0, 0.05) is 9.52 Å². The zero-order chi connectivity index (χ0) is 31.7. The van der Waals surface area contributed by atoms with Crippen LogP contribution < -0.4 is 21.5 Å². The Kier molecular flexibility index (Phi) is 15.2. The molecule has 0 aliphatic rings. The molecule has 4 radical (unpaired) electrons. The Bertz CT molecular complexity index is 1280. The van der Waals surface area contributed by atoms with Crippen molar-refractivity contribution in [1.82, 2.24) is 0 Å². The van der Waals surface area contributed by atoms with Crippen molar-refractivity contribution in [2.24, 2.45) is 0 Å². The van der Waals surface area contributed by atoms with E-state index in [0.717, 1.165) is 20.6 Å². The molecule has 6 aromatic carbocycles. The standard InChI is InChI=1S/C6H14Si.6C6H5.2Sn/c1-5(2)7-6(3)4;6*1-2-4-6-5-3-1;;/h5-6H,1-4H3;6*1-5H;;. The summed E-state index contributed by atoms with van der Waals surface area (Å²) in [5.74, 6) is 0. The van der Waals surface area contributed by atoms with Gasteiger partial charge in [-0.3, -0.25) is 0 Å². The Morgan fingerprint density at radius 3 is 0.556 bits per heavy atom. The minimum atomic E-state index is -1.98. The average molecular weight is 814 g/mol. The molecular formula is C42H44SiSn2. The Morgan fingerprint density at radius 2 is 0.444 bits per heavy atom. The van der Waals surface area contributed by atoms with Gasteiger partial charge in [0.25, 0.3) is 0 Å².